The number of pyridine rings is 1. The van der Waals surface area contributed by atoms with Crippen LogP contribution in [0.25, 0.3) is 0 Å². The molecule has 0 atom stereocenters. The molecule has 3 nitrogen and oxygen atoms in total. The Morgan fingerprint density at radius 2 is 1.83 bits per heavy atom. The van der Waals surface area contributed by atoms with Crippen molar-refractivity contribution in [2.45, 2.75) is 45.1 Å². The van der Waals surface area contributed by atoms with Crippen LogP contribution in [0.4, 0.5) is 0 Å². The van der Waals surface area contributed by atoms with Crippen LogP contribution in [0.1, 0.15) is 43.2 Å². The summed E-state index contributed by atoms with van der Waals surface area (Å²) in [5.41, 5.74) is 4.03. The monoisotopic (exact) mass is 340 g/mol. The van der Waals surface area contributed by atoms with Crippen LogP contribution in [0.3, 0.4) is 0 Å². The van der Waals surface area contributed by atoms with Crippen LogP contribution in [0.15, 0.2) is 35.4 Å². The lowest BCUT2D eigenvalue weighted by molar-refractivity contribution is 0.343. The number of nitriles is 1. The molecule has 24 heavy (non-hydrogen) atoms. The maximum Gasteiger partial charge on any atom is 0.119 e. The molecule has 1 aromatic carbocycles. The molecule has 126 valence electrons. The van der Waals surface area contributed by atoms with Gasteiger partial charge >= 0.3 is 0 Å². The first kappa shape index (κ1) is 18.4. The van der Waals surface area contributed by atoms with E-state index in [0.29, 0.717) is 12.2 Å². The molecule has 0 N–H and O–H groups in total. The fourth-order valence-electron chi connectivity index (χ4n) is 2.39. The topological polar surface area (TPSA) is 45.9 Å². The van der Waals surface area contributed by atoms with Gasteiger partial charge in [0.25, 0.3) is 0 Å². The van der Waals surface area contributed by atoms with Gasteiger partial charge < -0.3 is 4.74 Å². The van der Waals surface area contributed by atoms with E-state index >= 15 is 0 Å². The molecule has 0 spiro atoms. The van der Waals surface area contributed by atoms with Crippen molar-refractivity contribution in [2.24, 2.45) is 0 Å². The van der Waals surface area contributed by atoms with E-state index in [4.69, 9.17) is 4.74 Å². The molecular weight excluding hydrogens is 316 g/mol. The lowest BCUT2D eigenvalue weighted by atomic mass is 9.87. The molecule has 4 heteroatoms. The largest absolute Gasteiger partial charge is 0.493 e. The highest BCUT2D eigenvalue weighted by Gasteiger charge is 2.13. The summed E-state index contributed by atoms with van der Waals surface area (Å²) in [6.45, 7) is 11.1. The molecule has 0 bridgehead atoms. The average molecular weight is 340 g/mol. The summed E-state index contributed by atoms with van der Waals surface area (Å²) in [5.74, 6) is 1.63. The number of aryl methyl sites for hydroxylation is 2. The smallest absolute Gasteiger partial charge is 0.119 e. The first-order valence-corrected chi connectivity index (χ1v) is 9.04. The summed E-state index contributed by atoms with van der Waals surface area (Å²) >= 11 is 1.57. The summed E-state index contributed by atoms with van der Waals surface area (Å²) in [6.07, 6.45) is 0. The van der Waals surface area contributed by atoms with E-state index in [0.717, 1.165) is 27.8 Å². The number of hydrogen-bond acceptors (Lipinski definition) is 4. The van der Waals surface area contributed by atoms with Gasteiger partial charge in [0, 0.05) is 11.4 Å². The van der Waals surface area contributed by atoms with Gasteiger partial charge in [0.05, 0.1) is 12.2 Å². The minimum absolute atomic E-state index is 0.150. The van der Waals surface area contributed by atoms with Crippen LogP contribution in [-0.2, 0) is 5.41 Å². The Morgan fingerprint density at radius 1 is 1.17 bits per heavy atom. The summed E-state index contributed by atoms with van der Waals surface area (Å²) in [7, 11) is 0. The predicted octanol–water partition coefficient (Wildman–Crippen LogP) is 5.04. The molecular formula is C20H24N2OS. The number of benzene rings is 1. The molecule has 0 fully saturated rings. The van der Waals surface area contributed by atoms with E-state index in [1.165, 1.54) is 5.56 Å². The third kappa shape index (κ3) is 4.75. The van der Waals surface area contributed by atoms with Gasteiger partial charge in [-0.05, 0) is 48.6 Å². The highest BCUT2D eigenvalue weighted by Crippen LogP contribution is 2.25. The fraction of sp³-hybridized carbons (Fsp3) is 0.400. The molecule has 0 aliphatic carbocycles. The van der Waals surface area contributed by atoms with Crippen LogP contribution >= 0.6 is 11.8 Å². The third-order valence-electron chi connectivity index (χ3n) is 3.73. The van der Waals surface area contributed by atoms with Gasteiger partial charge in [-0.15, -0.1) is 11.8 Å². The number of ether oxygens (including phenoxy) is 1. The van der Waals surface area contributed by atoms with Gasteiger partial charge in [-0.2, -0.15) is 5.26 Å². The number of thioether (sulfide) groups is 1. The first-order chi connectivity index (χ1) is 11.3. The Kier molecular flexibility index (Phi) is 5.90. The zero-order valence-electron chi connectivity index (χ0n) is 15.0. The maximum atomic E-state index is 9.28. The second-order valence-corrected chi connectivity index (χ2v) is 7.93. The molecule has 0 saturated carbocycles. The van der Waals surface area contributed by atoms with Crippen molar-refractivity contribution in [3.05, 3.63) is 52.7 Å². The Morgan fingerprint density at radius 3 is 2.42 bits per heavy atom. The van der Waals surface area contributed by atoms with Crippen molar-refractivity contribution in [3.63, 3.8) is 0 Å². The number of nitrogens with zero attached hydrogens (tertiary/aromatic N) is 2. The molecule has 2 aromatic rings. The third-order valence-corrected chi connectivity index (χ3v) is 4.67. The molecule has 0 aliphatic rings. The fourth-order valence-corrected chi connectivity index (χ4v) is 3.31. The van der Waals surface area contributed by atoms with E-state index in [2.05, 4.69) is 44.0 Å². The molecule has 1 aromatic heterocycles. The SMILES string of the molecule is Cc1cc(C)c(C#N)c(SCCOc2ccc(C(C)(C)C)cc2)n1. The Bertz CT molecular complexity index is 740. The zero-order valence-corrected chi connectivity index (χ0v) is 15.8. The molecule has 0 radical (unpaired) electrons. The summed E-state index contributed by atoms with van der Waals surface area (Å²) in [4.78, 5) is 4.47. The number of aromatic nitrogens is 1. The Labute approximate surface area is 149 Å². The minimum Gasteiger partial charge on any atom is -0.493 e. The van der Waals surface area contributed by atoms with Gasteiger partial charge in [0.1, 0.15) is 16.8 Å². The predicted molar refractivity (Wildman–Crippen MR) is 99.8 cm³/mol. The van der Waals surface area contributed by atoms with Gasteiger partial charge in [-0.3, -0.25) is 0 Å². The first-order valence-electron chi connectivity index (χ1n) is 8.06. The highest BCUT2D eigenvalue weighted by molar-refractivity contribution is 7.99. The molecule has 0 amide bonds. The lowest BCUT2D eigenvalue weighted by Gasteiger charge is -2.19. The van der Waals surface area contributed by atoms with Crippen LogP contribution in [-0.4, -0.2) is 17.3 Å². The van der Waals surface area contributed by atoms with Gasteiger partial charge in [0.15, 0.2) is 0 Å². The second-order valence-electron chi connectivity index (χ2n) is 6.84. The van der Waals surface area contributed by atoms with Crippen molar-refractivity contribution >= 4 is 11.8 Å². The minimum atomic E-state index is 0.150. The van der Waals surface area contributed by atoms with Crippen LogP contribution in [0.2, 0.25) is 0 Å². The normalized spacial score (nSPS) is 11.2. The van der Waals surface area contributed by atoms with E-state index in [-0.39, 0.29) is 5.41 Å². The molecule has 1 heterocycles. The van der Waals surface area contributed by atoms with E-state index in [9.17, 15) is 5.26 Å². The number of hydrogen-bond donors (Lipinski definition) is 0. The average Bonchev–Trinajstić information content (AvgIpc) is 2.51. The number of rotatable bonds is 5. The second kappa shape index (κ2) is 7.72. The zero-order chi connectivity index (χ0) is 17.7. The molecule has 0 aliphatic heterocycles. The quantitative estimate of drug-likeness (QED) is 0.565. The molecule has 0 saturated heterocycles. The Balaban J connectivity index is 1.91. The maximum absolute atomic E-state index is 9.28. The van der Waals surface area contributed by atoms with Crippen molar-refractivity contribution in [2.75, 3.05) is 12.4 Å². The molecule has 2 rings (SSSR count). The highest BCUT2D eigenvalue weighted by atomic mass is 32.2. The van der Waals surface area contributed by atoms with Crippen LogP contribution in [0.5, 0.6) is 5.75 Å². The summed E-state index contributed by atoms with van der Waals surface area (Å²) in [6, 6.07) is 12.4. The van der Waals surface area contributed by atoms with Gasteiger partial charge in [-0.25, -0.2) is 4.98 Å². The summed E-state index contributed by atoms with van der Waals surface area (Å²) in [5, 5.41) is 10.1. The standard InChI is InChI=1S/C20H24N2OS/c1-14-12-15(2)22-19(18(14)13-21)24-11-10-23-17-8-6-16(7-9-17)20(3,4)5/h6-9,12H,10-11H2,1-5H3. The lowest BCUT2D eigenvalue weighted by Crippen LogP contribution is -2.10. The summed E-state index contributed by atoms with van der Waals surface area (Å²) < 4.78 is 5.80. The van der Waals surface area contributed by atoms with E-state index < -0.39 is 0 Å². The Hall–Kier alpha value is -1.99. The van der Waals surface area contributed by atoms with Crippen LogP contribution < -0.4 is 4.74 Å². The van der Waals surface area contributed by atoms with Gasteiger partial charge in [0.2, 0.25) is 0 Å². The van der Waals surface area contributed by atoms with Crippen LogP contribution in [0, 0.1) is 25.2 Å². The molecule has 0 unspecified atom stereocenters. The van der Waals surface area contributed by atoms with Crippen molar-refractivity contribution in [1.82, 2.24) is 4.98 Å². The van der Waals surface area contributed by atoms with Gasteiger partial charge in [-0.1, -0.05) is 32.9 Å². The van der Waals surface area contributed by atoms with Crippen molar-refractivity contribution in [1.29, 1.82) is 5.26 Å². The van der Waals surface area contributed by atoms with Crippen molar-refractivity contribution < 1.29 is 4.74 Å². The van der Waals surface area contributed by atoms with E-state index in [1.54, 1.807) is 11.8 Å². The van der Waals surface area contributed by atoms with E-state index in [1.807, 2.05) is 32.0 Å². The van der Waals surface area contributed by atoms with Crippen molar-refractivity contribution in [3.8, 4) is 11.8 Å².